The maximum Gasteiger partial charge on any atom is 0.162 e. The van der Waals surface area contributed by atoms with E-state index in [-0.39, 0.29) is 23.9 Å². The van der Waals surface area contributed by atoms with E-state index in [0.717, 1.165) is 28.3 Å². The van der Waals surface area contributed by atoms with Crippen LogP contribution in [0.2, 0.25) is 0 Å². The molecule has 0 amide bonds. The van der Waals surface area contributed by atoms with Crippen molar-refractivity contribution < 1.29 is 9.21 Å². The summed E-state index contributed by atoms with van der Waals surface area (Å²) in [6.07, 6.45) is 5.76. The highest BCUT2D eigenvalue weighted by Crippen LogP contribution is 2.49. The zero-order valence-corrected chi connectivity index (χ0v) is 19.3. The van der Waals surface area contributed by atoms with E-state index in [9.17, 15) is 10.1 Å². The minimum Gasteiger partial charge on any atom is -0.469 e. The minimum absolute atomic E-state index is 0.0458. The number of H-pyrrole nitrogens is 1. The van der Waals surface area contributed by atoms with E-state index < -0.39 is 5.92 Å². The zero-order chi connectivity index (χ0) is 24.6. The Morgan fingerprint density at radius 2 is 1.97 bits per heavy atom. The summed E-state index contributed by atoms with van der Waals surface area (Å²) in [4.78, 5) is 19.7. The van der Waals surface area contributed by atoms with Crippen LogP contribution < -0.4 is 10.6 Å². The Labute approximate surface area is 207 Å². The van der Waals surface area contributed by atoms with Gasteiger partial charge in [-0.1, -0.05) is 36.4 Å². The Balaban J connectivity index is 1.53. The molecular formula is C28H22N6O2. The minimum atomic E-state index is -0.590. The van der Waals surface area contributed by atoms with Crippen LogP contribution >= 0.6 is 0 Å². The molecule has 8 nitrogen and oxygen atoms in total. The van der Waals surface area contributed by atoms with Crippen molar-refractivity contribution in [2.75, 3.05) is 4.90 Å². The van der Waals surface area contributed by atoms with Crippen LogP contribution in [0.1, 0.15) is 36.0 Å². The number of nitrogens with two attached hydrogens (primary N) is 1. The summed E-state index contributed by atoms with van der Waals surface area (Å²) in [5, 5.41) is 17.8. The van der Waals surface area contributed by atoms with Crippen LogP contribution in [0.4, 0.5) is 5.82 Å². The fourth-order valence-electron chi connectivity index (χ4n) is 5.19. The third-order valence-corrected chi connectivity index (χ3v) is 6.81. The Bertz CT molecular complexity index is 1530. The first-order valence-corrected chi connectivity index (χ1v) is 11.7. The number of anilines is 1. The maximum absolute atomic E-state index is 13.7. The van der Waals surface area contributed by atoms with Gasteiger partial charge in [0.05, 0.1) is 29.5 Å². The highest BCUT2D eigenvalue weighted by molar-refractivity contribution is 6.01. The second-order valence-corrected chi connectivity index (χ2v) is 8.88. The fourth-order valence-corrected chi connectivity index (χ4v) is 5.19. The summed E-state index contributed by atoms with van der Waals surface area (Å²) in [5.41, 5.74) is 10.8. The van der Waals surface area contributed by atoms with E-state index >= 15 is 0 Å². The standard InChI is InChI=1S/C28H22N6O2/c29-15-20-26(18-8-4-10-31-16-18)27-22(12-19(13-23(27)35)24-9-5-11-36-24)34(28(20)30)25-14-21(32-33-25)17-6-2-1-3-7-17/h1-11,14,16,19,26H,12-13,30H2,(H,32,33). The van der Waals surface area contributed by atoms with Gasteiger partial charge in [-0.05, 0) is 35.7 Å². The SMILES string of the molecule is N#CC1=C(N)N(c2cc(-c3ccccc3)[nH]n2)C2=C(C(=O)CC(c3ccco3)C2)C1c1cccnc1. The van der Waals surface area contributed by atoms with Gasteiger partial charge in [0.15, 0.2) is 11.6 Å². The van der Waals surface area contributed by atoms with Crippen molar-refractivity contribution in [2.45, 2.75) is 24.7 Å². The smallest absolute Gasteiger partial charge is 0.162 e. The van der Waals surface area contributed by atoms with Gasteiger partial charge in [0.25, 0.3) is 0 Å². The van der Waals surface area contributed by atoms with E-state index in [2.05, 4.69) is 21.3 Å². The molecule has 8 heteroatoms. The number of hydrogen-bond donors (Lipinski definition) is 2. The number of hydrogen-bond acceptors (Lipinski definition) is 7. The van der Waals surface area contributed by atoms with Crippen LogP contribution in [0.15, 0.2) is 106 Å². The van der Waals surface area contributed by atoms with Gasteiger partial charge < -0.3 is 10.2 Å². The van der Waals surface area contributed by atoms with E-state index in [0.29, 0.717) is 23.4 Å². The Morgan fingerprint density at radius 1 is 1.11 bits per heavy atom. The number of furan rings is 1. The molecule has 0 saturated heterocycles. The second-order valence-electron chi connectivity index (χ2n) is 8.88. The van der Waals surface area contributed by atoms with Crippen molar-refractivity contribution >= 4 is 11.6 Å². The number of benzene rings is 1. The van der Waals surface area contributed by atoms with E-state index in [1.54, 1.807) is 29.6 Å². The molecule has 4 heterocycles. The zero-order valence-electron chi connectivity index (χ0n) is 19.3. The molecule has 36 heavy (non-hydrogen) atoms. The van der Waals surface area contributed by atoms with Crippen molar-refractivity contribution in [3.8, 4) is 17.3 Å². The largest absolute Gasteiger partial charge is 0.469 e. The number of carbonyl (C=O) groups is 1. The average Bonchev–Trinajstić information content (AvgIpc) is 3.62. The molecule has 6 rings (SSSR count). The van der Waals surface area contributed by atoms with Crippen molar-refractivity contribution in [1.29, 1.82) is 5.26 Å². The molecule has 4 aromatic rings. The number of rotatable bonds is 4. The van der Waals surface area contributed by atoms with Gasteiger partial charge >= 0.3 is 0 Å². The molecule has 2 atom stereocenters. The molecule has 1 aliphatic carbocycles. The molecule has 0 saturated carbocycles. The summed E-state index contributed by atoms with van der Waals surface area (Å²) < 4.78 is 5.66. The lowest BCUT2D eigenvalue weighted by atomic mass is 9.73. The van der Waals surface area contributed by atoms with Gasteiger partial charge in [0.2, 0.25) is 0 Å². The number of nitrogens with zero attached hydrogens (tertiary/aromatic N) is 4. The number of ketones is 1. The van der Waals surface area contributed by atoms with Crippen molar-refractivity contribution in [2.24, 2.45) is 5.73 Å². The first kappa shape index (κ1) is 21.6. The molecule has 1 aromatic carbocycles. The van der Waals surface area contributed by atoms with Gasteiger partial charge in [-0.15, -0.1) is 0 Å². The van der Waals surface area contributed by atoms with Gasteiger partial charge in [0.1, 0.15) is 11.6 Å². The summed E-state index contributed by atoms with van der Waals surface area (Å²) in [6.45, 7) is 0. The van der Waals surface area contributed by atoms with Gasteiger partial charge in [-0.3, -0.25) is 19.8 Å². The van der Waals surface area contributed by atoms with Crippen LogP contribution in [-0.4, -0.2) is 21.0 Å². The number of nitriles is 1. The molecule has 176 valence electrons. The summed E-state index contributed by atoms with van der Waals surface area (Å²) in [7, 11) is 0. The first-order valence-electron chi connectivity index (χ1n) is 11.7. The highest BCUT2D eigenvalue weighted by atomic mass is 16.3. The lowest BCUT2D eigenvalue weighted by molar-refractivity contribution is -0.116. The lowest BCUT2D eigenvalue weighted by Crippen LogP contribution is -2.40. The van der Waals surface area contributed by atoms with Gasteiger partial charge in [-0.2, -0.15) is 10.4 Å². The molecule has 1 aliphatic heterocycles. The van der Waals surface area contributed by atoms with Crippen molar-refractivity contribution in [3.63, 3.8) is 0 Å². The highest BCUT2D eigenvalue weighted by Gasteiger charge is 2.44. The van der Waals surface area contributed by atoms with Gasteiger partial charge in [-0.25, -0.2) is 0 Å². The lowest BCUT2D eigenvalue weighted by Gasteiger charge is -2.40. The normalized spacial score (nSPS) is 19.9. The third kappa shape index (κ3) is 3.49. The monoisotopic (exact) mass is 474 g/mol. The number of nitrogens with one attached hydrogen (secondary N) is 1. The number of pyridine rings is 1. The van der Waals surface area contributed by atoms with Crippen LogP contribution in [0.3, 0.4) is 0 Å². The Kier molecular flexibility index (Phi) is 5.23. The Morgan fingerprint density at radius 3 is 2.69 bits per heavy atom. The van der Waals surface area contributed by atoms with Crippen LogP contribution in [0.5, 0.6) is 0 Å². The maximum atomic E-state index is 13.7. The van der Waals surface area contributed by atoms with E-state index in [1.807, 2.05) is 54.6 Å². The molecule has 0 bridgehead atoms. The average molecular weight is 475 g/mol. The molecular weight excluding hydrogens is 452 g/mol. The quantitative estimate of drug-likeness (QED) is 0.437. The number of allylic oxidation sites excluding steroid dienone is 3. The summed E-state index contributed by atoms with van der Waals surface area (Å²) in [6, 6.07) is 21.3. The second kappa shape index (κ2) is 8.71. The molecule has 2 aliphatic rings. The number of Topliss-reactive ketones (excluding diaryl/α,β-unsaturated/α-hetero) is 1. The van der Waals surface area contributed by atoms with E-state index in [1.165, 1.54) is 0 Å². The Hall–Kier alpha value is -4.90. The molecule has 3 N–H and O–H groups in total. The molecule has 0 radical (unpaired) electrons. The predicted molar refractivity (Wildman–Crippen MR) is 133 cm³/mol. The molecule has 0 fully saturated rings. The van der Waals surface area contributed by atoms with Crippen LogP contribution in [-0.2, 0) is 4.79 Å². The van der Waals surface area contributed by atoms with Gasteiger partial charge in [0, 0.05) is 42.1 Å². The summed E-state index contributed by atoms with van der Waals surface area (Å²) >= 11 is 0. The van der Waals surface area contributed by atoms with Crippen molar-refractivity contribution in [1.82, 2.24) is 15.2 Å². The molecule has 2 unspecified atom stereocenters. The topological polar surface area (TPSA) is 125 Å². The summed E-state index contributed by atoms with van der Waals surface area (Å²) in [5.74, 6) is 0.733. The fraction of sp³-hybridized carbons (Fsp3) is 0.143. The number of aromatic amines is 1. The predicted octanol–water partition coefficient (Wildman–Crippen LogP) is 4.76. The van der Waals surface area contributed by atoms with Crippen LogP contribution in [0, 0.1) is 11.3 Å². The third-order valence-electron chi connectivity index (χ3n) is 6.81. The first-order chi connectivity index (χ1) is 17.7. The molecule has 0 spiro atoms. The number of carbonyl (C=O) groups excluding carboxylic acids is 1. The van der Waals surface area contributed by atoms with Crippen molar-refractivity contribution in [3.05, 3.63) is 113 Å². The van der Waals surface area contributed by atoms with Crippen LogP contribution in [0.25, 0.3) is 11.3 Å². The molecule has 3 aromatic heterocycles. The number of aromatic nitrogens is 3. The van der Waals surface area contributed by atoms with E-state index in [4.69, 9.17) is 10.2 Å².